The lowest BCUT2D eigenvalue weighted by atomic mass is 10.2. The average Bonchev–Trinajstić information content (AvgIpc) is 2.81. The second-order valence-electron chi connectivity index (χ2n) is 4.84. The number of alkyl halides is 1. The number of nitrogens with zero attached hydrogens (tertiary/aromatic N) is 2. The van der Waals surface area contributed by atoms with Crippen LogP contribution in [0.3, 0.4) is 0 Å². The van der Waals surface area contributed by atoms with E-state index in [-0.39, 0.29) is 5.82 Å². The summed E-state index contributed by atoms with van der Waals surface area (Å²) in [6, 6.07) is 11.2. The third-order valence-corrected chi connectivity index (χ3v) is 4.22. The van der Waals surface area contributed by atoms with Gasteiger partial charge in [0.1, 0.15) is 11.6 Å². The van der Waals surface area contributed by atoms with E-state index in [2.05, 4.69) is 25.5 Å². The minimum Gasteiger partial charge on any atom is -0.296 e. The number of benzene rings is 2. The van der Waals surface area contributed by atoms with Crippen molar-refractivity contribution in [2.45, 2.75) is 13.3 Å². The van der Waals surface area contributed by atoms with Gasteiger partial charge in [0.05, 0.1) is 21.2 Å². The summed E-state index contributed by atoms with van der Waals surface area (Å²) < 4.78 is 16.2. The third-order valence-electron chi connectivity index (χ3n) is 3.43. The standard InChI is InChI=1S/C16H13BrClFN2/c1-10-8-12(19)11(17)9-15(10)21-14-5-3-2-4-13(14)20-16(21)6-7-18/h2-5,8-9H,6-7H2,1H3. The fraction of sp³-hybridized carbons (Fsp3) is 0.188. The van der Waals surface area contributed by atoms with Crippen LogP contribution in [0.15, 0.2) is 40.9 Å². The molecule has 2 nitrogen and oxygen atoms in total. The highest BCUT2D eigenvalue weighted by Gasteiger charge is 2.15. The number of rotatable bonds is 3. The van der Waals surface area contributed by atoms with Gasteiger partial charge < -0.3 is 0 Å². The Labute approximate surface area is 135 Å². The highest BCUT2D eigenvalue weighted by Crippen LogP contribution is 2.28. The Morgan fingerprint density at radius 3 is 2.81 bits per heavy atom. The maximum absolute atomic E-state index is 13.7. The lowest BCUT2D eigenvalue weighted by molar-refractivity contribution is 0.619. The summed E-state index contributed by atoms with van der Waals surface area (Å²) in [5.74, 6) is 1.11. The number of hydrogen-bond donors (Lipinski definition) is 0. The quantitative estimate of drug-likeness (QED) is 0.595. The molecule has 1 heterocycles. The van der Waals surface area contributed by atoms with E-state index in [0.717, 1.165) is 28.1 Å². The van der Waals surface area contributed by atoms with E-state index in [1.165, 1.54) is 6.07 Å². The van der Waals surface area contributed by atoms with Crippen LogP contribution >= 0.6 is 27.5 Å². The SMILES string of the molecule is Cc1cc(F)c(Br)cc1-n1c(CCCl)nc2ccccc21. The lowest BCUT2D eigenvalue weighted by Gasteiger charge is -2.13. The number of halogens is 3. The van der Waals surface area contributed by atoms with E-state index < -0.39 is 0 Å². The zero-order valence-electron chi connectivity index (χ0n) is 11.4. The number of fused-ring (bicyclic) bond motifs is 1. The van der Waals surface area contributed by atoms with Gasteiger partial charge in [0, 0.05) is 12.3 Å². The zero-order valence-corrected chi connectivity index (χ0v) is 13.7. The number of para-hydroxylation sites is 2. The summed E-state index contributed by atoms with van der Waals surface area (Å²) in [5, 5.41) is 0. The Kier molecular flexibility index (Phi) is 4.00. The van der Waals surface area contributed by atoms with Crippen molar-refractivity contribution in [1.82, 2.24) is 9.55 Å². The maximum Gasteiger partial charge on any atom is 0.137 e. The number of aryl methyl sites for hydroxylation is 2. The van der Waals surface area contributed by atoms with E-state index in [1.54, 1.807) is 6.07 Å². The molecule has 0 bridgehead atoms. The second-order valence-corrected chi connectivity index (χ2v) is 6.08. The van der Waals surface area contributed by atoms with Gasteiger partial charge in [-0.3, -0.25) is 4.57 Å². The highest BCUT2D eigenvalue weighted by atomic mass is 79.9. The van der Waals surface area contributed by atoms with Gasteiger partial charge in [-0.1, -0.05) is 12.1 Å². The molecule has 3 aromatic rings. The topological polar surface area (TPSA) is 17.8 Å². The first-order chi connectivity index (χ1) is 10.1. The summed E-state index contributed by atoms with van der Waals surface area (Å²) in [4.78, 5) is 4.64. The molecule has 5 heteroatoms. The van der Waals surface area contributed by atoms with Gasteiger partial charge in [-0.2, -0.15) is 0 Å². The van der Waals surface area contributed by atoms with E-state index in [0.29, 0.717) is 16.8 Å². The van der Waals surface area contributed by atoms with Gasteiger partial charge >= 0.3 is 0 Å². The largest absolute Gasteiger partial charge is 0.296 e. The van der Waals surface area contributed by atoms with E-state index in [1.807, 2.05) is 31.2 Å². The van der Waals surface area contributed by atoms with Crippen LogP contribution in [0.5, 0.6) is 0 Å². The normalized spacial score (nSPS) is 11.2. The molecule has 0 aliphatic heterocycles. The molecule has 0 amide bonds. The van der Waals surface area contributed by atoms with Crippen LogP contribution in [-0.4, -0.2) is 15.4 Å². The van der Waals surface area contributed by atoms with Crippen LogP contribution < -0.4 is 0 Å². The first-order valence-corrected chi connectivity index (χ1v) is 7.93. The molecule has 0 spiro atoms. The molecule has 0 fully saturated rings. The Hall–Kier alpha value is -1.39. The molecule has 3 rings (SSSR count). The molecule has 21 heavy (non-hydrogen) atoms. The molecular weight excluding hydrogens is 355 g/mol. The monoisotopic (exact) mass is 366 g/mol. The summed E-state index contributed by atoms with van der Waals surface area (Å²) in [5.41, 5.74) is 3.68. The summed E-state index contributed by atoms with van der Waals surface area (Å²) >= 11 is 9.16. The van der Waals surface area contributed by atoms with Crippen molar-refractivity contribution in [2.24, 2.45) is 0 Å². The van der Waals surface area contributed by atoms with Gasteiger partial charge in [-0.25, -0.2) is 9.37 Å². The van der Waals surface area contributed by atoms with Gasteiger partial charge in [-0.15, -0.1) is 11.6 Å². The Bertz CT molecular complexity index is 813. The molecule has 108 valence electrons. The number of hydrogen-bond acceptors (Lipinski definition) is 1. The predicted molar refractivity (Wildman–Crippen MR) is 87.9 cm³/mol. The van der Waals surface area contributed by atoms with Gasteiger partial charge in [0.15, 0.2) is 0 Å². The average molecular weight is 368 g/mol. The predicted octanol–water partition coefficient (Wildman–Crippen LogP) is 5.02. The molecule has 0 radical (unpaired) electrons. The number of imidazole rings is 1. The van der Waals surface area contributed by atoms with Crippen LogP contribution in [0.4, 0.5) is 4.39 Å². The van der Waals surface area contributed by atoms with Crippen molar-refractivity contribution in [3.8, 4) is 5.69 Å². The first kappa shape index (κ1) is 14.5. The molecule has 0 aliphatic carbocycles. The minimum atomic E-state index is -0.264. The molecule has 2 aromatic carbocycles. The van der Waals surface area contributed by atoms with Crippen molar-refractivity contribution in [3.63, 3.8) is 0 Å². The Morgan fingerprint density at radius 2 is 2.05 bits per heavy atom. The lowest BCUT2D eigenvalue weighted by Crippen LogP contribution is -2.04. The second kappa shape index (κ2) is 5.78. The van der Waals surface area contributed by atoms with Crippen LogP contribution in [-0.2, 0) is 6.42 Å². The Balaban J connectivity index is 2.32. The van der Waals surface area contributed by atoms with Crippen molar-refractivity contribution in [3.05, 3.63) is 58.1 Å². The molecule has 0 aliphatic rings. The summed E-state index contributed by atoms with van der Waals surface area (Å²) in [6.07, 6.45) is 0.657. The van der Waals surface area contributed by atoms with Crippen molar-refractivity contribution in [2.75, 3.05) is 5.88 Å². The smallest absolute Gasteiger partial charge is 0.137 e. The minimum absolute atomic E-state index is 0.264. The highest BCUT2D eigenvalue weighted by molar-refractivity contribution is 9.10. The molecule has 0 atom stereocenters. The van der Waals surface area contributed by atoms with Crippen LogP contribution in [0.2, 0.25) is 0 Å². The van der Waals surface area contributed by atoms with Crippen molar-refractivity contribution >= 4 is 38.6 Å². The zero-order chi connectivity index (χ0) is 15.0. The molecule has 0 N–H and O–H groups in total. The van der Waals surface area contributed by atoms with Gasteiger partial charge in [-0.05, 0) is 52.7 Å². The summed E-state index contributed by atoms with van der Waals surface area (Å²) in [7, 11) is 0. The van der Waals surface area contributed by atoms with E-state index in [9.17, 15) is 4.39 Å². The third kappa shape index (κ3) is 2.58. The fourth-order valence-electron chi connectivity index (χ4n) is 2.47. The fourth-order valence-corrected chi connectivity index (χ4v) is 2.97. The molecule has 0 unspecified atom stereocenters. The van der Waals surface area contributed by atoms with E-state index >= 15 is 0 Å². The molecule has 0 saturated heterocycles. The van der Waals surface area contributed by atoms with Crippen molar-refractivity contribution < 1.29 is 4.39 Å². The number of aromatic nitrogens is 2. The van der Waals surface area contributed by atoms with Gasteiger partial charge in [0.2, 0.25) is 0 Å². The van der Waals surface area contributed by atoms with Crippen molar-refractivity contribution in [1.29, 1.82) is 0 Å². The first-order valence-electron chi connectivity index (χ1n) is 6.60. The molecule has 0 saturated carbocycles. The Morgan fingerprint density at radius 1 is 1.29 bits per heavy atom. The molecular formula is C16H13BrClFN2. The van der Waals surface area contributed by atoms with Crippen LogP contribution in [0.25, 0.3) is 16.7 Å². The van der Waals surface area contributed by atoms with E-state index in [4.69, 9.17) is 11.6 Å². The van der Waals surface area contributed by atoms with Crippen LogP contribution in [0.1, 0.15) is 11.4 Å². The van der Waals surface area contributed by atoms with Gasteiger partial charge in [0.25, 0.3) is 0 Å². The molecule has 1 aromatic heterocycles. The van der Waals surface area contributed by atoms with Crippen LogP contribution in [0, 0.1) is 12.7 Å². The maximum atomic E-state index is 13.7. The summed E-state index contributed by atoms with van der Waals surface area (Å²) in [6.45, 7) is 1.89.